The number of ether oxygens (including phenoxy) is 6. The molecule has 278 valence electrons. The van der Waals surface area contributed by atoms with Crippen molar-refractivity contribution in [2.24, 2.45) is 11.8 Å². The Kier molecular flexibility index (Phi) is 13.1. The molecular formula is C33H47N2O13PS. The number of aliphatic hydroxyl groups is 1. The molecule has 3 heterocycles. The molecule has 0 spiro atoms. The molecule has 2 aromatic rings. The topological polar surface area (TPSA) is 178 Å². The van der Waals surface area contributed by atoms with Gasteiger partial charge in [0.15, 0.2) is 24.1 Å². The van der Waals surface area contributed by atoms with E-state index in [2.05, 4.69) is 5.32 Å². The van der Waals surface area contributed by atoms with Crippen molar-refractivity contribution in [3.8, 4) is 17.2 Å². The number of nitrogens with zero attached hydrogens (tertiary/aromatic N) is 1. The van der Waals surface area contributed by atoms with Crippen LogP contribution in [0.5, 0.6) is 17.2 Å². The highest BCUT2D eigenvalue weighted by Gasteiger charge is 2.44. The predicted octanol–water partition coefficient (Wildman–Crippen LogP) is 4.12. The summed E-state index contributed by atoms with van der Waals surface area (Å²) in [4.78, 5) is 13.2. The molecule has 2 fully saturated rings. The SMILES string of the molecule is CCOP(=O)(COc1ccc(C[C@H](NC(=O)O[C@H]2CO[C@H]3OCC[C@H]32)[C@H](O)CN(CC(C)C)S(=O)(=O)c2ccc3c(c2)OCO3)cc1)OCC. The Morgan fingerprint density at radius 2 is 1.76 bits per heavy atom. The van der Waals surface area contributed by atoms with Crippen molar-refractivity contribution in [2.75, 3.05) is 52.7 Å². The van der Waals surface area contributed by atoms with E-state index in [9.17, 15) is 22.9 Å². The van der Waals surface area contributed by atoms with Crippen molar-refractivity contribution < 1.29 is 60.4 Å². The second-order valence-electron chi connectivity index (χ2n) is 12.6. The summed E-state index contributed by atoms with van der Waals surface area (Å²) in [6.07, 6.45) is -2.54. The Labute approximate surface area is 293 Å². The fraction of sp³-hybridized carbons (Fsp3) is 0.606. The van der Waals surface area contributed by atoms with Crippen molar-refractivity contribution in [3.05, 3.63) is 48.0 Å². The van der Waals surface area contributed by atoms with Crippen LogP contribution in [0.1, 0.15) is 39.7 Å². The third-order valence-electron chi connectivity index (χ3n) is 8.37. The van der Waals surface area contributed by atoms with E-state index in [1.54, 1.807) is 38.1 Å². The number of carbonyl (C=O) groups excluding carboxylic acids is 1. The van der Waals surface area contributed by atoms with Gasteiger partial charge in [-0.25, -0.2) is 13.2 Å². The standard InChI is InChI=1S/C33H47N2O13PS/c1-5-46-49(38,47-6-2)21-45-24-9-7-23(8-10-24)15-27(34-33(37)48-31-19-42-32-26(31)13-14-41-32)28(36)18-35(17-22(3)4)50(39,40)25-11-12-29-30(16-25)44-20-43-29/h7-12,16,22,26-28,31-32,36H,5-6,13-15,17-21H2,1-4H3,(H,34,37)/t26-,27-,28+,31-,32+/m0/s1. The van der Waals surface area contributed by atoms with Gasteiger partial charge >= 0.3 is 13.7 Å². The molecule has 1 amide bonds. The highest BCUT2D eigenvalue weighted by atomic mass is 32.2. The summed E-state index contributed by atoms with van der Waals surface area (Å²) < 4.78 is 85.7. The van der Waals surface area contributed by atoms with Crippen LogP contribution in [0.15, 0.2) is 47.4 Å². The molecule has 5 rings (SSSR count). The Balaban J connectivity index is 1.32. The van der Waals surface area contributed by atoms with Gasteiger partial charge in [-0.1, -0.05) is 26.0 Å². The van der Waals surface area contributed by atoms with Crippen molar-refractivity contribution in [1.29, 1.82) is 0 Å². The zero-order valence-electron chi connectivity index (χ0n) is 28.7. The Bertz CT molecular complexity index is 1580. The van der Waals surface area contributed by atoms with Gasteiger partial charge in [0, 0.05) is 19.2 Å². The molecule has 0 aromatic heterocycles. The van der Waals surface area contributed by atoms with E-state index in [1.807, 2.05) is 13.8 Å². The lowest BCUT2D eigenvalue weighted by Gasteiger charge is -2.31. The largest absolute Gasteiger partial charge is 0.481 e. The van der Waals surface area contributed by atoms with Crippen molar-refractivity contribution in [1.82, 2.24) is 9.62 Å². The maximum atomic E-state index is 13.9. The normalized spacial score (nSPS) is 21.3. The molecule has 17 heteroatoms. The first-order chi connectivity index (χ1) is 23.9. The van der Waals surface area contributed by atoms with E-state index in [1.165, 1.54) is 22.5 Å². The van der Waals surface area contributed by atoms with Crippen LogP contribution in [0.25, 0.3) is 0 Å². The van der Waals surface area contributed by atoms with Crippen LogP contribution in [-0.4, -0.2) is 101 Å². The Hall–Kier alpha value is -2.95. The Morgan fingerprint density at radius 1 is 1.04 bits per heavy atom. The average molecular weight is 743 g/mol. The van der Waals surface area contributed by atoms with Crippen molar-refractivity contribution in [3.63, 3.8) is 0 Å². The number of hydrogen-bond donors (Lipinski definition) is 2. The van der Waals surface area contributed by atoms with Gasteiger partial charge in [0.05, 0.1) is 49.4 Å². The van der Waals surface area contributed by atoms with E-state index < -0.39 is 48.3 Å². The lowest BCUT2D eigenvalue weighted by molar-refractivity contribution is -0.0907. The van der Waals surface area contributed by atoms with Crippen LogP contribution in [0.3, 0.4) is 0 Å². The first-order valence-electron chi connectivity index (χ1n) is 16.8. The van der Waals surface area contributed by atoms with Gasteiger partial charge in [0.1, 0.15) is 11.9 Å². The Morgan fingerprint density at radius 3 is 2.46 bits per heavy atom. The summed E-state index contributed by atoms with van der Waals surface area (Å²) in [7, 11) is -7.54. The highest BCUT2D eigenvalue weighted by molar-refractivity contribution is 7.89. The summed E-state index contributed by atoms with van der Waals surface area (Å²) in [6, 6.07) is 10.2. The second kappa shape index (κ2) is 17.0. The van der Waals surface area contributed by atoms with Gasteiger partial charge in [-0.05, 0) is 62.4 Å². The van der Waals surface area contributed by atoms with E-state index in [4.69, 9.17) is 37.5 Å². The maximum absolute atomic E-state index is 13.9. The molecule has 5 atom stereocenters. The minimum Gasteiger partial charge on any atom is -0.481 e. The molecule has 2 N–H and O–H groups in total. The summed E-state index contributed by atoms with van der Waals surface area (Å²) in [6.45, 7) is 8.05. The van der Waals surface area contributed by atoms with Gasteiger partial charge in [0.25, 0.3) is 0 Å². The summed E-state index contributed by atoms with van der Waals surface area (Å²) >= 11 is 0. The predicted molar refractivity (Wildman–Crippen MR) is 180 cm³/mol. The van der Waals surface area contributed by atoms with Crippen LogP contribution < -0.4 is 19.5 Å². The van der Waals surface area contributed by atoms with Crippen LogP contribution in [0.2, 0.25) is 0 Å². The molecule has 15 nitrogen and oxygen atoms in total. The van der Waals surface area contributed by atoms with E-state index >= 15 is 0 Å². The molecule has 0 aliphatic carbocycles. The second-order valence-corrected chi connectivity index (χ2v) is 16.5. The van der Waals surface area contributed by atoms with Crippen LogP contribution in [0, 0.1) is 11.8 Å². The smallest absolute Gasteiger partial charge is 0.407 e. The molecule has 0 radical (unpaired) electrons. The minimum atomic E-state index is -4.11. The van der Waals surface area contributed by atoms with E-state index in [0.29, 0.717) is 35.8 Å². The first-order valence-corrected chi connectivity index (χ1v) is 20.0. The molecule has 50 heavy (non-hydrogen) atoms. The van der Waals surface area contributed by atoms with Crippen LogP contribution in [0.4, 0.5) is 4.79 Å². The van der Waals surface area contributed by atoms with Crippen LogP contribution >= 0.6 is 7.60 Å². The van der Waals surface area contributed by atoms with E-state index in [0.717, 1.165) is 0 Å². The molecule has 3 aliphatic rings. The molecule has 0 bridgehead atoms. The van der Waals surface area contributed by atoms with Gasteiger partial charge in [0.2, 0.25) is 16.8 Å². The van der Waals surface area contributed by atoms with E-state index in [-0.39, 0.29) is 69.2 Å². The first kappa shape index (κ1) is 38.3. The molecule has 3 aliphatic heterocycles. The average Bonchev–Trinajstić information content (AvgIpc) is 3.83. The monoisotopic (exact) mass is 742 g/mol. The third-order valence-corrected chi connectivity index (χ3v) is 11.9. The summed E-state index contributed by atoms with van der Waals surface area (Å²) in [5.74, 6) is 0.991. The van der Waals surface area contributed by atoms with Crippen molar-refractivity contribution in [2.45, 2.75) is 70.0 Å². The number of rotatable bonds is 18. The fourth-order valence-electron chi connectivity index (χ4n) is 5.99. The van der Waals surface area contributed by atoms with Gasteiger partial charge in [-0.2, -0.15) is 4.31 Å². The van der Waals surface area contributed by atoms with Crippen molar-refractivity contribution >= 4 is 23.7 Å². The van der Waals surface area contributed by atoms with Crippen LogP contribution in [-0.2, 0) is 44.3 Å². The number of fused-ring (bicyclic) bond motifs is 2. The number of carbonyl (C=O) groups is 1. The zero-order valence-corrected chi connectivity index (χ0v) is 30.4. The quantitative estimate of drug-likeness (QED) is 0.209. The molecule has 2 aromatic carbocycles. The third kappa shape index (κ3) is 9.68. The number of hydrogen-bond acceptors (Lipinski definition) is 13. The van der Waals surface area contributed by atoms with Gasteiger partial charge < -0.3 is 47.9 Å². The summed E-state index contributed by atoms with van der Waals surface area (Å²) in [5, 5.41) is 14.4. The number of nitrogens with one attached hydrogen (secondary N) is 1. The lowest BCUT2D eigenvalue weighted by Crippen LogP contribution is -2.51. The number of amides is 1. The minimum absolute atomic E-state index is 0.00737. The number of alkyl carbamates (subject to hydrolysis) is 1. The lowest BCUT2D eigenvalue weighted by atomic mass is 10.0. The molecule has 0 saturated carbocycles. The number of sulfonamides is 1. The highest BCUT2D eigenvalue weighted by Crippen LogP contribution is 2.48. The van der Waals surface area contributed by atoms with Gasteiger partial charge in [-0.3, -0.25) is 4.57 Å². The summed E-state index contributed by atoms with van der Waals surface area (Å²) in [5.41, 5.74) is 0.696. The number of benzene rings is 2. The number of aliphatic hydroxyl groups excluding tert-OH is 1. The fourth-order valence-corrected chi connectivity index (χ4v) is 8.94. The molecular weight excluding hydrogens is 695 g/mol. The zero-order chi connectivity index (χ0) is 35.9. The molecule has 2 saturated heterocycles. The maximum Gasteiger partial charge on any atom is 0.407 e. The van der Waals surface area contributed by atoms with Gasteiger partial charge in [-0.15, -0.1) is 0 Å². The molecule has 0 unspecified atom stereocenters.